The molecule has 0 saturated carbocycles. The van der Waals surface area contributed by atoms with Crippen molar-refractivity contribution in [2.75, 3.05) is 0 Å². The van der Waals surface area contributed by atoms with Crippen LogP contribution in [0.4, 0.5) is 0 Å². The molecule has 1 aliphatic heterocycles. The first-order valence-corrected chi connectivity index (χ1v) is 3.34. The summed E-state index contributed by atoms with van der Waals surface area (Å²) < 4.78 is 5.06. The molecule has 2 heteroatoms. The van der Waals surface area contributed by atoms with E-state index in [-0.39, 0.29) is 12.2 Å². The molecule has 0 aromatic heterocycles. The predicted molar refractivity (Wildman–Crippen MR) is 33.7 cm³/mol. The minimum absolute atomic E-state index is 0.0973. The summed E-state index contributed by atoms with van der Waals surface area (Å²) >= 11 is 0. The second-order valence-electron chi connectivity index (χ2n) is 2.54. The lowest BCUT2D eigenvalue weighted by Gasteiger charge is -1.99. The van der Waals surface area contributed by atoms with Crippen molar-refractivity contribution in [3.8, 4) is 6.07 Å². The zero-order valence-electron chi connectivity index (χ0n) is 5.79. The van der Waals surface area contributed by atoms with Gasteiger partial charge in [-0.25, -0.2) is 0 Å². The number of hydrogen-bond acceptors (Lipinski definition) is 2. The highest BCUT2D eigenvalue weighted by atomic mass is 16.6. The molecule has 1 heterocycles. The maximum absolute atomic E-state index is 8.35. The van der Waals surface area contributed by atoms with Crippen molar-refractivity contribution in [3.05, 3.63) is 0 Å². The van der Waals surface area contributed by atoms with Crippen molar-refractivity contribution in [2.24, 2.45) is 5.92 Å². The molecular weight excluding hydrogens is 114 g/mol. The standard InChI is InChI=1S/C7H11NO/c1-3-5(2)7-6(4-8)9-7/h5-7H,3H2,1-2H3. The van der Waals surface area contributed by atoms with Crippen LogP contribution in [0.1, 0.15) is 20.3 Å². The monoisotopic (exact) mass is 125 g/mol. The molecule has 3 unspecified atom stereocenters. The molecule has 0 bridgehead atoms. The molecule has 3 atom stereocenters. The van der Waals surface area contributed by atoms with Gasteiger partial charge in [0, 0.05) is 0 Å². The number of nitriles is 1. The third-order valence-corrected chi connectivity index (χ3v) is 1.86. The van der Waals surface area contributed by atoms with Gasteiger partial charge in [0.1, 0.15) is 6.10 Å². The molecular formula is C7H11NO. The summed E-state index contributed by atoms with van der Waals surface area (Å²) in [5.41, 5.74) is 0. The second-order valence-corrected chi connectivity index (χ2v) is 2.54. The van der Waals surface area contributed by atoms with Crippen LogP contribution in [-0.2, 0) is 4.74 Å². The lowest BCUT2D eigenvalue weighted by Crippen LogP contribution is -2.03. The van der Waals surface area contributed by atoms with Crippen LogP contribution in [0.25, 0.3) is 0 Å². The Kier molecular flexibility index (Phi) is 1.73. The average Bonchev–Trinajstić information content (AvgIpc) is 2.64. The van der Waals surface area contributed by atoms with Crippen molar-refractivity contribution >= 4 is 0 Å². The summed E-state index contributed by atoms with van der Waals surface area (Å²) in [7, 11) is 0. The molecule has 1 fully saturated rings. The van der Waals surface area contributed by atoms with Crippen LogP contribution in [0.3, 0.4) is 0 Å². The lowest BCUT2D eigenvalue weighted by atomic mass is 10.0. The zero-order valence-corrected chi connectivity index (χ0v) is 5.79. The first kappa shape index (κ1) is 6.57. The Morgan fingerprint density at radius 2 is 2.44 bits per heavy atom. The first-order chi connectivity index (χ1) is 4.29. The van der Waals surface area contributed by atoms with Gasteiger partial charge in [0.05, 0.1) is 6.07 Å². The summed E-state index contributed by atoms with van der Waals surface area (Å²) in [5.74, 6) is 0.551. The summed E-state index contributed by atoms with van der Waals surface area (Å²) in [6.07, 6.45) is 1.24. The van der Waals surface area contributed by atoms with Crippen LogP contribution in [0, 0.1) is 17.2 Å². The Labute approximate surface area is 55.4 Å². The van der Waals surface area contributed by atoms with Gasteiger partial charge in [0.15, 0.2) is 6.10 Å². The van der Waals surface area contributed by atoms with Gasteiger partial charge in [0.2, 0.25) is 0 Å². The Morgan fingerprint density at radius 1 is 1.78 bits per heavy atom. The maximum atomic E-state index is 8.35. The molecule has 0 aromatic rings. The van der Waals surface area contributed by atoms with Crippen LogP contribution in [0.2, 0.25) is 0 Å². The van der Waals surface area contributed by atoms with E-state index in [1.54, 1.807) is 0 Å². The highest BCUT2D eigenvalue weighted by Crippen LogP contribution is 2.30. The molecule has 0 spiro atoms. The van der Waals surface area contributed by atoms with Gasteiger partial charge < -0.3 is 4.74 Å². The largest absolute Gasteiger partial charge is 0.353 e. The number of epoxide rings is 1. The van der Waals surface area contributed by atoms with Crippen LogP contribution in [0.15, 0.2) is 0 Å². The summed E-state index contributed by atoms with van der Waals surface area (Å²) in [6.45, 7) is 4.22. The number of hydrogen-bond donors (Lipinski definition) is 0. The van der Waals surface area contributed by atoms with E-state index < -0.39 is 0 Å². The van der Waals surface area contributed by atoms with E-state index in [2.05, 4.69) is 19.9 Å². The molecule has 0 radical (unpaired) electrons. The Balaban J connectivity index is 2.27. The molecule has 9 heavy (non-hydrogen) atoms. The van der Waals surface area contributed by atoms with Crippen LogP contribution in [0.5, 0.6) is 0 Å². The first-order valence-electron chi connectivity index (χ1n) is 3.34. The number of ether oxygens (including phenoxy) is 1. The molecule has 0 N–H and O–H groups in total. The van der Waals surface area contributed by atoms with Crippen molar-refractivity contribution in [1.29, 1.82) is 5.26 Å². The number of nitrogens with zero attached hydrogens (tertiary/aromatic N) is 1. The van der Waals surface area contributed by atoms with E-state index in [0.29, 0.717) is 5.92 Å². The van der Waals surface area contributed by atoms with Gasteiger partial charge in [-0.15, -0.1) is 0 Å². The quantitative estimate of drug-likeness (QED) is 0.522. The third-order valence-electron chi connectivity index (χ3n) is 1.86. The lowest BCUT2D eigenvalue weighted by molar-refractivity contribution is 0.330. The molecule has 1 aliphatic rings. The fourth-order valence-corrected chi connectivity index (χ4v) is 0.893. The van der Waals surface area contributed by atoms with E-state index >= 15 is 0 Å². The van der Waals surface area contributed by atoms with Crippen molar-refractivity contribution in [3.63, 3.8) is 0 Å². The molecule has 0 amide bonds. The molecule has 0 aliphatic carbocycles. The van der Waals surface area contributed by atoms with Crippen molar-refractivity contribution < 1.29 is 4.74 Å². The maximum Gasteiger partial charge on any atom is 0.170 e. The minimum Gasteiger partial charge on any atom is -0.353 e. The molecule has 1 rings (SSSR count). The van der Waals surface area contributed by atoms with Gasteiger partial charge in [-0.3, -0.25) is 0 Å². The van der Waals surface area contributed by atoms with Crippen molar-refractivity contribution in [2.45, 2.75) is 32.5 Å². The van der Waals surface area contributed by atoms with E-state index in [1.165, 1.54) is 0 Å². The van der Waals surface area contributed by atoms with Gasteiger partial charge in [-0.1, -0.05) is 20.3 Å². The third kappa shape index (κ3) is 1.22. The highest BCUT2D eigenvalue weighted by molar-refractivity contribution is 5.03. The molecule has 2 nitrogen and oxygen atoms in total. The van der Waals surface area contributed by atoms with E-state index in [1.807, 2.05) is 0 Å². The fraction of sp³-hybridized carbons (Fsp3) is 0.857. The van der Waals surface area contributed by atoms with Crippen LogP contribution < -0.4 is 0 Å². The van der Waals surface area contributed by atoms with Gasteiger partial charge in [-0.05, 0) is 5.92 Å². The zero-order chi connectivity index (χ0) is 6.85. The van der Waals surface area contributed by atoms with Crippen LogP contribution in [-0.4, -0.2) is 12.2 Å². The molecule has 0 aromatic carbocycles. The normalized spacial score (nSPS) is 35.2. The van der Waals surface area contributed by atoms with E-state index in [4.69, 9.17) is 10.00 Å². The van der Waals surface area contributed by atoms with Gasteiger partial charge in [0.25, 0.3) is 0 Å². The van der Waals surface area contributed by atoms with E-state index in [0.717, 1.165) is 6.42 Å². The Bertz CT molecular complexity index is 138. The van der Waals surface area contributed by atoms with Gasteiger partial charge >= 0.3 is 0 Å². The van der Waals surface area contributed by atoms with Crippen molar-refractivity contribution in [1.82, 2.24) is 0 Å². The van der Waals surface area contributed by atoms with Crippen LogP contribution >= 0.6 is 0 Å². The van der Waals surface area contributed by atoms with Gasteiger partial charge in [-0.2, -0.15) is 5.26 Å². The minimum atomic E-state index is -0.0973. The molecule has 1 saturated heterocycles. The molecule has 50 valence electrons. The Morgan fingerprint density at radius 3 is 2.78 bits per heavy atom. The SMILES string of the molecule is CCC(C)C1OC1C#N. The summed E-state index contributed by atoms with van der Waals surface area (Å²) in [5, 5.41) is 8.35. The summed E-state index contributed by atoms with van der Waals surface area (Å²) in [6, 6.07) is 2.08. The predicted octanol–water partition coefficient (Wildman–Crippen LogP) is 1.32. The smallest absolute Gasteiger partial charge is 0.170 e. The highest BCUT2D eigenvalue weighted by Gasteiger charge is 2.42. The fourth-order valence-electron chi connectivity index (χ4n) is 0.893. The Hall–Kier alpha value is -0.550. The topological polar surface area (TPSA) is 36.3 Å². The number of rotatable bonds is 2. The summed E-state index contributed by atoms with van der Waals surface area (Å²) in [4.78, 5) is 0. The average molecular weight is 125 g/mol. The second kappa shape index (κ2) is 2.36. The van der Waals surface area contributed by atoms with E-state index in [9.17, 15) is 0 Å².